The summed E-state index contributed by atoms with van der Waals surface area (Å²) in [5, 5.41) is 0. The van der Waals surface area contributed by atoms with Gasteiger partial charge < -0.3 is 9.79 Å². The molecule has 0 aromatic heterocycles. The first-order chi connectivity index (χ1) is 6.20. The maximum absolute atomic E-state index is 11.2. The van der Waals surface area contributed by atoms with Crippen LogP contribution in [0.3, 0.4) is 0 Å². The number of phosphoric acid groups is 3. The zero-order valence-corrected chi connectivity index (χ0v) is 8.76. The second kappa shape index (κ2) is 2.96. The molecule has 13 heteroatoms. The minimum atomic E-state index is -4.66. The Morgan fingerprint density at radius 2 is 1.29 bits per heavy atom. The van der Waals surface area contributed by atoms with Gasteiger partial charge in [-0.25, -0.2) is 27.3 Å². The molecule has 0 aromatic rings. The van der Waals surface area contributed by atoms with Crippen molar-refractivity contribution < 1.29 is 45.7 Å². The van der Waals surface area contributed by atoms with Gasteiger partial charge in [-0.15, -0.1) is 0 Å². The number of rotatable bonds is 0. The van der Waals surface area contributed by atoms with E-state index >= 15 is 0 Å². The van der Waals surface area contributed by atoms with E-state index in [-0.39, 0.29) is 0 Å². The maximum Gasteiger partial charge on any atom is 0.496 e. The van der Waals surface area contributed by atoms with Crippen LogP contribution in [0.15, 0.2) is 0 Å². The average Bonchev–Trinajstić information content (AvgIpc) is 1.71. The van der Waals surface area contributed by atoms with E-state index in [1.165, 1.54) is 0 Å². The molecule has 2 rings (SSSR count). The Morgan fingerprint density at radius 3 is 1.64 bits per heavy atom. The minimum Gasteiger partial charge on any atom is -0.302 e. The van der Waals surface area contributed by atoms with Crippen LogP contribution >= 0.6 is 23.5 Å². The summed E-state index contributed by atoms with van der Waals surface area (Å²) < 4.78 is 52.7. The fourth-order valence-electron chi connectivity index (χ4n) is 0.725. The first-order valence-corrected chi connectivity index (χ1v) is 7.38. The number of fused-ring (bicyclic) bond motifs is 2. The van der Waals surface area contributed by atoms with E-state index in [1.54, 1.807) is 0 Å². The van der Waals surface area contributed by atoms with Gasteiger partial charge in [0.15, 0.2) is 0 Å². The van der Waals surface area contributed by atoms with Gasteiger partial charge >= 0.3 is 23.5 Å². The summed E-state index contributed by atoms with van der Waals surface area (Å²) in [4.78, 5) is 17.5. The van der Waals surface area contributed by atoms with Crippen LogP contribution in [0.5, 0.6) is 0 Å². The zero-order chi connectivity index (χ0) is 10.6. The largest absolute Gasteiger partial charge is 0.496 e. The summed E-state index contributed by atoms with van der Waals surface area (Å²) in [6.45, 7) is -2.03. The normalized spacial score (nSPS) is 58.3. The van der Waals surface area contributed by atoms with Gasteiger partial charge in [-0.05, 0) is 0 Å². The molecular weight excluding hydrogens is 265 g/mol. The maximum atomic E-state index is 11.2. The lowest BCUT2D eigenvalue weighted by molar-refractivity contribution is -0.197. The van der Waals surface area contributed by atoms with Crippen molar-refractivity contribution in [1.82, 2.24) is 0 Å². The van der Waals surface area contributed by atoms with Crippen molar-refractivity contribution in [2.24, 2.45) is 0 Å². The van der Waals surface area contributed by atoms with Gasteiger partial charge in [0.2, 0.25) is 0 Å². The molecule has 2 aliphatic rings. The predicted molar refractivity (Wildman–Crippen MR) is 36.5 cm³/mol. The van der Waals surface area contributed by atoms with E-state index in [2.05, 4.69) is 22.2 Å². The van der Waals surface area contributed by atoms with Crippen LogP contribution < -0.4 is 0 Å². The van der Waals surface area contributed by atoms with Gasteiger partial charge in [0, 0.05) is 0 Å². The molecular formula is CH3O10P3. The minimum absolute atomic E-state index is 2.03. The second-order valence-electron chi connectivity index (χ2n) is 2.15. The summed E-state index contributed by atoms with van der Waals surface area (Å²) >= 11 is 0. The highest BCUT2D eigenvalue weighted by Gasteiger charge is 2.58. The first-order valence-electron chi connectivity index (χ1n) is 2.93. The molecule has 2 saturated heterocycles. The molecule has 0 saturated carbocycles. The van der Waals surface area contributed by atoms with Crippen LogP contribution in [0.1, 0.15) is 0 Å². The molecule has 10 nitrogen and oxygen atoms in total. The lowest BCUT2D eigenvalue weighted by atomic mass is 11.4. The third kappa shape index (κ3) is 2.15. The molecule has 0 spiro atoms. The quantitative estimate of drug-likeness (QED) is 0.603. The molecule has 2 bridgehead atoms. The molecule has 2 atom stereocenters. The fourth-order valence-corrected chi connectivity index (χ4v) is 4.86. The van der Waals surface area contributed by atoms with Crippen LogP contribution in [0.4, 0.5) is 0 Å². The lowest BCUT2D eigenvalue weighted by Crippen LogP contribution is -2.27. The molecule has 2 N–H and O–H groups in total. The average molecular weight is 268 g/mol. The molecule has 2 fully saturated rings. The van der Waals surface area contributed by atoms with Crippen molar-refractivity contribution in [3.8, 4) is 0 Å². The highest BCUT2D eigenvalue weighted by Crippen LogP contribution is 2.78. The molecule has 0 radical (unpaired) electrons. The standard InChI is InChI=1S/CH3O10P3/c2-12(3)7-1-8-13(4,5)11-14(6,9-1)10-12/h1H,(H,2,3)(H,4,5). The van der Waals surface area contributed by atoms with E-state index in [0.717, 1.165) is 0 Å². The van der Waals surface area contributed by atoms with Crippen molar-refractivity contribution in [2.75, 3.05) is 0 Å². The zero-order valence-electron chi connectivity index (χ0n) is 6.08. The smallest absolute Gasteiger partial charge is 0.302 e. The predicted octanol–water partition coefficient (Wildman–Crippen LogP) is 0.689. The van der Waals surface area contributed by atoms with Crippen LogP contribution in [0, 0.1) is 0 Å². The molecule has 2 aliphatic heterocycles. The highest BCUT2D eigenvalue weighted by molar-refractivity contribution is 7.68. The number of hydrogen-bond acceptors (Lipinski definition) is 8. The Labute approximate surface area is 76.5 Å². The van der Waals surface area contributed by atoms with Gasteiger partial charge in [0.05, 0.1) is 0 Å². The molecule has 2 heterocycles. The van der Waals surface area contributed by atoms with Gasteiger partial charge in [-0.1, -0.05) is 0 Å². The lowest BCUT2D eigenvalue weighted by Gasteiger charge is -2.34. The van der Waals surface area contributed by atoms with Crippen molar-refractivity contribution >= 4 is 23.5 Å². The molecule has 0 aliphatic carbocycles. The van der Waals surface area contributed by atoms with Crippen molar-refractivity contribution in [3.05, 3.63) is 0 Å². The number of phosphoric ester groups is 2. The molecule has 0 aromatic carbocycles. The first kappa shape index (κ1) is 10.9. The van der Waals surface area contributed by atoms with Crippen molar-refractivity contribution in [2.45, 2.75) is 6.48 Å². The summed E-state index contributed by atoms with van der Waals surface area (Å²) in [5.74, 6) is 0. The summed E-state index contributed by atoms with van der Waals surface area (Å²) in [6.07, 6.45) is 0. The van der Waals surface area contributed by atoms with Crippen LogP contribution in [-0.2, 0) is 35.9 Å². The van der Waals surface area contributed by atoms with Crippen LogP contribution in [-0.4, -0.2) is 16.3 Å². The summed E-state index contributed by atoms with van der Waals surface area (Å²) in [6, 6.07) is 0. The van der Waals surface area contributed by atoms with Gasteiger partial charge in [0.25, 0.3) is 6.48 Å². The molecule has 82 valence electrons. The fraction of sp³-hybridized carbons (Fsp3) is 1.00. The SMILES string of the molecule is O=P1(O)OC2OP(=O)(O)OP(=O)(O2)O1. The Morgan fingerprint density at radius 1 is 0.857 bits per heavy atom. The van der Waals surface area contributed by atoms with E-state index < -0.39 is 29.9 Å². The summed E-state index contributed by atoms with van der Waals surface area (Å²) in [7, 11) is -13.9. The van der Waals surface area contributed by atoms with Crippen molar-refractivity contribution in [3.63, 3.8) is 0 Å². The third-order valence-electron chi connectivity index (χ3n) is 1.06. The van der Waals surface area contributed by atoms with Crippen molar-refractivity contribution in [1.29, 1.82) is 0 Å². The topological polar surface area (TPSA) is 138 Å². The van der Waals surface area contributed by atoms with Gasteiger partial charge in [0.1, 0.15) is 0 Å². The Kier molecular flexibility index (Phi) is 2.31. The van der Waals surface area contributed by atoms with E-state index in [4.69, 9.17) is 9.79 Å². The van der Waals surface area contributed by atoms with E-state index in [1.807, 2.05) is 0 Å². The van der Waals surface area contributed by atoms with Crippen LogP contribution in [0.25, 0.3) is 0 Å². The number of hydrogen-bond donors (Lipinski definition) is 2. The Hall–Kier alpha value is 0.410. The van der Waals surface area contributed by atoms with Gasteiger partial charge in [-0.3, -0.25) is 0 Å². The monoisotopic (exact) mass is 268 g/mol. The Balaban J connectivity index is 2.36. The van der Waals surface area contributed by atoms with E-state index in [9.17, 15) is 13.7 Å². The molecule has 14 heavy (non-hydrogen) atoms. The summed E-state index contributed by atoms with van der Waals surface area (Å²) in [5.41, 5.74) is 0. The molecule has 0 amide bonds. The van der Waals surface area contributed by atoms with Gasteiger partial charge in [-0.2, -0.15) is 8.62 Å². The Bertz CT molecular complexity index is 361. The third-order valence-corrected chi connectivity index (χ3v) is 5.62. The van der Waals surface area contributed by atoms with Crippen LogP contribution in [0.2, 0.25) is 0 Å². The second-order valence-corrected chi connectivity index (χ2v) is 6.86. The van der Waals surface area contributed by atoms with E-state index in [0.29, 0.717) is 0 Å². The molecule has 2 unspecified atom stereocenters. The highest BCUT2D eigenvalue weighted by atomic mass is 31.3.